The van der Waals surface area contributed by atoms with E-state index in [2.05, 4.69) is 0 Å². The number of rotatable bonds is 4. The van der Waals surface area contributed by atoms with Gasteiger partial charge in [-0.2, -0.15) is 0 Å². The van der Waals surface area contributed by atoms with Crippen molar-refractivity contribution < 1.29 is 14.3 Å². The Morgan fingerprint density at radius 3 is 2.71 bits per heavy atom. The number of thiophene rings is 1. The summed E-state index contributed by atoms with van der Waals surface area (Å²) in [6, 6.07) is 13.1. The Bertz CT molecular complexity index is 702. The fourth-order valence-electron chi connectivity index (χ4n) is 2.90. The van der Waals surface area contributed by atoms with Gasteiger partial charge in [0.1, 0.15) is 6.61 Å². The summed E-state index contributed by atoms with van der Waals surface area (Å²) < 4.78 is 5.65. The molecule has 3 rings (SSSR count). The lowest BCUT2D eigenvalue weighted by atomic mass is 9.97. The fourth-order valence-corrected chi connectivity index (χ4v) is 3.66. The van der Waals surface area contributed by atoms with Crippen LogP contribution in [0.2, 0.25) is 0 Å². The Labute approximate surface area is 145 Å². The molecule has 2 aromatic rings. The molecule has 0 radical (unpaired) electrons. The molecule has 2 heterocycles. The smallest absolute Gasteiger partial charge is 0.254 e. The normalized spacial score (nSPS) is 20.9. The SMILES string of the molecule is CN(Cc1cccs1)C(=O)[C@H]1OCC(=O)N(C)[C@H]1c1ccccc1. The van der Waals surface area contributed by atoms with Gasteiger partial charge in [0.25, 0.3) is 5.91 Å². The number of hydrogen-bond acceptors (Lipinski definition) is 4. The molecule has 1 aliphatic rings. The van der Waals surface area contributed by atoms with Crippen LogP contribution in [0.3, 0.4) is 0 Å². The van der Waals surface area contributed by atoms with Crippen molar-refractivity contribution in [3.63, 3.8) is 0 Å². The van der Waals surface area contributed by atoms with Crippen molar-refractivity contribution in [3.05, 3.63) is 58.3 Å². The van der Waals surface area contributed by atoms with E-state index < -0.39 is 12.1 Å². The van der Waals surface area contributed by atoms with E-state index >= 15 is 0 Å². The molecular weight excluding hydrogens is 324 g/mol. The lowest BCUT2D eigenvalue weighted by Crippen LogP contribution is -2.53. The number of carbonyl (C=O) groups is 2. The molecule has 2 atom stereocenters. The van der Waals surface area contributed by atoms with Crippen molar-refractivity contribution in [2.45, 2.75) is 18.7 Å². The number of hydrogen-bond donors (Lipinski definition) is 0. The van der Waals surface area contributed by atoms with Gasteiger partial charge in [-0.25, -0.2) is 0 Å². The van der Waals surface area contributed by atoms with E-state index in [1.54, 1.807) is 35.2 Å². The minimum Gasteiger partial charge on any atom is -0.356 e. The summed E-state index contributed by atoms with van der Waals surface area (Å²) in [4.78, 5) is 29.4. The van der Waals surface area contributed by atoms with Gasteiger partial charge in [0.05, 0.1) is 12.6 Å². The Hall–Kier alpha value is -2.18. The summed E-state index contributed by atoms with van der Waals surface area (Å²) in [6.45, 7) is 0.471. The highest BCUT2D eigenvalue weighted by molar-refractivity contribution is 7.09. The van der Waals surface area contributed by atoms with Crippen LogP contribution in [0.1, 0.15) is 16.5 Å². The number of benzene rings is 1. The van der Waals surface area contributed by atoms with Crippen LogP contribution in [0.4, 0.5) is 0 Å². The van der Waals surface area contributed by atoms with Crippen molar-refractivity contribution in [2.75, 3.05) is 20.7 Å². The van der Waals surface area contributed by atoms with Crippen LogP contribution in [0.15, 0.2) is 47.8 Å². The lowest BCUT2D eigenvalue weighted by molar-refractivity contribution is -0.167. The van der Waals surface area contributed by atoms with E-state index in [1.807, 2.05) is 47.8 Å². The average Bonchev–Trinajstić information content (AvgIpc) is 3.10. The van der Waals surface area contributed by atoms with E-state index in [-0.39, 0.29) is 18.4 Å². The van der Waals surface area contributed by atoms with Crippen LogP contribution in [-0.2, 0) is 20.9 Å². The topological polar surface area (TPSA) is 49.9 Å². The molecule has 0 bridgehead atoms. The third kappa shape index (κ3) is 3.34. The number of nitrogens with zero attached hydrogens (tertiary/aromatic N) is 2. The first-order valence-electron chi connectivity index (χ1n) is 7.77. The van der Waals surface area contributed by atoms with Crippen LogP contribution in [-0.4, -0.2) is 48.4 Å². The molecule has 1 aliphatic heterocycles. The second-order valence-electron chi connectivity index (χ2n) is 5.87. The quantitative estimate of drug-likeness (QED) is 0.855. The first-order chi connectivity index (χ1) is 11.6. The van der Waals surface area contributed by atoms with Crippen LogP contribution in [0.5, 0.6) is 0 Å². The molecule has 1 fully saturated rings. The second kappa shape index (κ2) is 7.15. The lowest BCUT2D eigenvalue weighted by Gasteiger charge is -2.39. The Morgan fingerprint density at radius 1 is 1.29 bits per heavy atom. The van der Waals surface area contributed by atoms with Gasteiger partial charge in [-0.05, 0) is 17.0 Å². The number of ether oxygens (including phenoxy) is 1. The summed E-state index contributed by atoms with van der Waals surface area (Å²) in [7, 11) is 3.49. The average molecular weight is 344 g/mol. The molecular formula is C18H20N2O3S. The zero-order valence-electron chi connectivity index (χ0n) is 13.7. The molecule has 6 heteroatoms. The molecule has 1 aromatic carbocycles. The van der Waals surface area contributed by atoms with E-state index in [0.29, 0.717) is 6.54 Å². The molecule has 0 N–H and O–H groups in total. The standard InChI is InChI=1S/C18H20N2O3S/c1-19(11-14-9-6-10-24-14)18(22)17-16(13-7-4-3-5-8-13)20(2)15(21)12-23-17/h3-10,16-17H,11-12H2,1-2H3/t16-,17-/m0/s1. The van der Waals surface area contributed by atoms with Crippen molar-refractivity contribution in [3.8, 4) is 0 Å². The molecule has 1 saturated heterocycles. The minimum absolute atomic E-state index is 0.0664. The van der Waals surface area contributed by atoms with Crippen LogP contribution < -0.4 is 0 Å². The maximum absolute atomic E-state index is 12.9. The molecule has 0 saturated carbocycles. The first kappa shape index (κ1) is 16.7. The number of carbonyl (C=O) groups excluding carboxylic acids is 2. The van der Waals surface area contributed by atoms with Gasteiger partial charge in [0.2, 0.25) is 5.91 Å². The van der Waals surface area contributed by atoms with E-state index in [1.165, 1.54) is 0 Å². The van der Waals surface area contributed by atoms with E-state index in [0.717, 1.165) is 10.4 Å². The maximum Gasteiger partial charge on any atom is 0.254 e. The zero-order chi connectivity index (χ0) is 17.1. The van der Waals surface area contributed by atoms with Crippen LogP contribution in [0.25, 0.3) is 0 Å². The van der Waals surface area contributed by atoms with Crippen molar-refractivity contribution in [1.29, 1.82) is 0 Å². The summed E-state index contributed by atoms with van der Waals surface area (Å²) >= 11 is 1.61. The maximum atomic E-state index is 12.9. The molecule has 0 spiro atoms. The Morgan fingerprint density at radius 2 is 2.04 bits per heavy atom. The molecule has 1 aromatic heterocycles. The number of morpholine rings is 1. The van der Waals surface area contributed by atoms with Gasteiger partial charge >= 0.3 is 0 Å². The molecule has 2 amide bonds. The van der Waals surface area contributed by atoms with Gasteiger partial charge < -0.3 is 14.5 Å². The highest BCUT2D eigenvalue weighted by atomic mass is 32.1. The first-order valence-corrected chi connectivity index (χ1v) is 8.65. The fraction of sp³-hybridized carbons (Fsp3) is 0.333. The Balaban J connectivity index is 1.83. The van der Waals surface area contributed by atoms with Crippen LogP contribution >= 0.6 is 11.3 Å². The van der Waals surface area contributed by atoms with Crippen molar-refractivity contribution >= 4 is 23.2 Å². The molecule has 0 aliphatic carbocycles. The molecule has 24 heavy (non-hydrogen) atoms. The summed E-state index contributed by atoms with van der Waals surface area (Å²) in [5, 5.41) is 1.99. The third-order valence-corrected chi connectivity index (χ3v) is 5.08. The highest BCUT2D eigenvalue weighted by Gasteiger charge is 2.41. The zero-order valence-corrected chi connectivity index (χ0v) is 14.5. The van der Waals surface area contributed by atoms with E-state index in [9.17, 15) is 9.59 Å². The minimum atomic E-state index is -0.694. The predicted molar refractivity (Wildman–Crippen MR) is 92.5 cm³/mol. The summed E-state index contributed by atoms with van der Waals surface area (Å²) in [5.41, 5.74) is 0.899. The Kier molecular flexibility index (Phi) is 4.97. The number of amides is 2. The van der Waals surface area contributed by atoms with E-state index in [4.69, 9.17) is 4.74 Å². The van der Waals surface area contributed by atoms with Gasteiger partial charge in [-0.3, -0.25) is 9.59 Å². The second-order valence-corrected chi connectivity index (χ2v) is 6.90. The largest absolute Gasteiger partial charge is 0.356 e. The third-order valence-electron chi connectivity index (χ3n) is 4.22. The predicted octanol–water partition coefficient (Wildman–Crippen LogP) is 2.31. The van der Waals surface area contributed by atoms with Crippen molar-refractivity contribution in [1.82, 2.24) is 9.80 Å². The van der Waals surface area contributed by atoms with Crippen molar-refractivity contribution in [2.24, 2.45) is 0 Å². The van der Waals surface area contributed by atoms with Gasteiger partial charge in [0.15, 0.2) is 6.10 Å². The highest BCUT2D eigenvalue weighted by Crippen LogP contribution is 2.30. The summed E-state index contributed by atoms with van der Waals surface area (Å²) in [5.74, 6) is -0.231. The van der Waals surface area contributed by atoms with Crippen LogP contribution in [0, 0.1) is 0 Å². The number of likely N-dealkylation sites (N-methyl/N-ethyl adjacent to an activating group) is 2. The summed E-state index contributed by atoms with van der Waals surface area (Å²) in [6.07, 6.45) is -0.694. The van der Waals surface area contributed by atoms with Gasteiger partial charge in [-0.1, -0.05) is 36.4 Å². The molecule has 5 nitrogen and oxygen atoms in total. The van der Waals surface area contributed by atoms with Gasteiger partial charge in [-0.15, -0.1) is 11.3 Å². The molecule has 126 valence electrons. The monoisotopic (exact) mass is 344 g/mol. The molecule has 0 unspecified atom stereocenters. The van der Waals surface area contributed by atoms with Gasteiger partial charge in [0, 0.05) is 19.0 Å².